The molecule has 0 bridgehead atoms. The minimum Gasteiger partial charge on any atom is -0.486 e. The third-order valence-corrected chi connectivity index (χ3v) is 3.94. The van der Waals surface area contributed by atoms with Crippen LogP contribution in [0.25, 0.3) is 0 Å². The van der Waals surface area contributed by atoms with Crippen molar-refractivity contribution < 1.29 is 19.1 Å². The first-order valence-corrected chi connectivity index (χ1v) is 8.33. The monoisotopic (exact) mass is 355 g/mol. The number of anilines is 1. The van der Waals surface area contributed by atoms with Gasteiger partial charge in [0.2, 0.25) is 0 Å². The van der Waals surface area contributed by atoms with Gasteiger partial charge in [0, 0.05) is 11.3 Å². The molecule has 2 aromatic carbocycles. The molecule has 0 fully saturated rings. The highest BCUT2D eigenvalue weighted by molar-refractivity contribution is 5.96. The van der Waals surface area contributed by atoms with Crippen molar-refractivity contribution in [1.82, 2.24) is 10.9 Å². The van der Waals surface area contributed by atoms with Gasteiger partial charge in [-0.2, -0.15) is 0 Å². The normalized spacial score (nSPS) is 12.2. The Hall–Kier alpha value is -3.22. The average molecular weight is 355 g/mol. The highest BCUT2D eigenvalue weighted by Gasteiger charge is 2.15. The van der Waals surface area contributed by atoms with E-state index in [1.165, 1.54) is 0 Å². The predicted octanol–water partition coefficient (Wildman–Crippen LogP) is 1.95. The fraction of sp³-hybridized carbons (Fsp3) is 0.263. The Labute approximate surface area is 151 Å². The van der Waals surface area contributed by atoms with Crippen molar-refractivity contribution in [3.8, 4) is 11.5 Å². The minimum absolute atomic E-state index is 0.0469. The summed E-state index contributed by atoms with van der Waals surface area (Å²) in [6.45, 7) is 4.96. The molecular formula is C19H21N3O4. The number of nitrogens with one attached hydrogen (secondary N) is 3. The van der Waals surface area contributed by atoms with Gasteiger partial charge in [-0.25, -0.2) is 0 Å². The summed E-state index contributed by atoms with van der Waals surface area (Å²) in [5.74, 6) is 0.346. The molecular weight excluding hydrogens is 334 g/mol. The highest BCUT2D eigenvalue weighted by Crippen LogP contribution is 2.30. The van der Waals surface area contributed by atoms with Gasteiger partial charge < -0.3 is 14.8 Å². The summed E-state index contributed by atoms with van der Waals surface area (Å²) in [5.41, 5.74) is 8.24. The molecule has 3 N–H and O–H groups in total. The second kappa shape index (κ2) is 7.77. The van der Waals surface area contributed by atoms with Crippen molar-refractivity contribution in [2.75, 3.05) is 25.1 Å². The number of hydrazine groups is 1. The zero-order valence-electron chi connectivity index (χ0n) is 14.7. The van der Waals surface area contributed by atoms with E-state index >= 15 is 0 Å². The van der Waals surface area contributed by atoms with E-state index in [0.29, 0.717) is 30.3 Å². The third-order valence-electron chi connectivity index (χ3n) is 3.94. The van der Waals surface area contributed by atoms with Crippen LogP contribution in [0.15, 0.2) is 36.4 Å². The first-order chi connectivity index (χ1) is 12.5. The zero-order valence-corrected chi connectivity index (χ0v) is 14.7. The number of ether oxygens (including phenoxy) is 2. The second-order valence-electron chi connectivity index (χ2n) is 6.03. The molecule has 2 aromatic rings. The summed E-state index contributed by atoms with van der Waals surface area (Å²) in [6, 6.07) is 10.8. The number of hydrogen-bond donors (Lipinski definition) is 3. The molecule has 1 heterocycles. The van der Waals surface area contributed by atoms with Crippen LogP contribution in [0.3, 0.4) is 0 Å². The summed E-state index contributed by atoms with van der Waals surface area (Å²) in [5, 5.41) is 3.04. The van der Waals surface area contributed by atoms with Crippen LogP contribution >= 0.6 is 0 Å². The van der Waals surface area contributed by atoms with Crippen molar-refractivity contribution in [3.05, 3.63) is 53.1 Å². The van der Waals surface area contributed by atoms with Crippen molar-refractivity contribution in [2.45, 2.75) is 13.8 Å². The molecule has 0 radical (unpaired) electrons. The van der Waals surface area contributed by atoms with Crippen LogP contribution in [0, 0.1) is 13.8 Å². The zero-order chi connectivity index (χ0) is 18.5. The van der Waals surface area contributed by atoms with E-state index in [0.717, 1.165) is 16.8 Å². The Morgan fingerprint density at radius 3 is 2.50 bits per heavy atom. The van der Waals surface area contributed by atoms with Gasteiger partial charge in [0.25, 0.3) is 11.8 Å². The molecule has 136 valence electrons. The number of amides is 2. The van der Waals surface area contributed by atoms with E-state index in [2.05, 4.69) is 16.2 Å². The Morgan fingerprint density at radius 2 is 1.73 bits per heavy atom. The lowest BCUT2D eigenvalue weighted by atomic mass is 10.1. The van der Waals surface area contributed by atoms with Gasteiger partial charge in [-0.05, 0) is 43.7 Å². The topological polar surface area (TPSA) is 88.7 Å². The summed E-state index contributed by atoms with van der Waals surface area (Å²) < 4.78 is 10.9. The number of benzene rings is 2. The SMILES string of the molecule is Cc1ccc(NCC(=O)NNC(=O)c2ccc3c(c2)OCCO3)c(C)c1. The number of carbonyl (C=O) groups excluding carboxylic acids is 2. The van der Waals surface area contributed by atoms with Crippen molar-refractivity contribution >= 4 is 17.5 Å². The molecule has 0 atom stereocenters. The molecule has 0 spiro atoms. The predicted molar refractivity (Wildman–Crippen MR) is 97.4 cm³/mol. The Kier molecular flexibility index (Phi) is 5.26. The van der Waals surface area contributed by atoms with Gasteiger partial charge in [0.1, 0.15) is 13.2 Å². The standard InChI is InChI=1S/C19H21N3O4/c1-12-3-5-15(13(2)9-12)20-11-18(23)21-22-19(24)14-4-6-16-17(10-14)26-8-7-25-16/h3-6,9-10,20H,7-8,11H2,1-2H3,(H,21,23)(H,22,24). The lowest BCUT2D eigenvalue weighted by Crippen LogP contribution is -2.44. The quantitative estimate of drug-likeness (QED) is 0.730. The average Bonchev–Trinajstić information content (AvgIpc) is 2.65. The lowest BCUT2D eigenvalue weighted by Gasteiger charge is -2.18. The molecule has 7 heteroatoms. The van der Waals surface area contributed by atoms with Gasteiger partial charge in [0.15, 0.2) is 11.5 Å². The van der Waals surface area contributed by atoms with Crippen LogP contribution in [0.4, 0.5) is 5.69 Å². The van der Waals surface area contributed by atoms with Crippen molar-refractivity contribution in [1.29, 1.82) is 0 Å². The smallest absolute Gasteiger partial charge is 0.269 e. The van der Waals surface area contributed by atoms with E-state index in [4.69, 9.17) is 9.47 Å². The lowest BCUT2D eigenvalue weighted by molar-refractivity contribution is -0.120. The van der Waals surface area contributed by atoms with Gasteiger partial charge in [-0.1, -0.05) is 17.7 Å². The number of hydrogen-bond acceptors (Lipinski definition) is 5. The van der Waals surface area contributed by atoms with Crippen LogP contribution in [0.2, 0.25) is 0 Å². The molecule has 2 amide bonds. The van der Waals surface area contributed by atoms with E-state index in [1.54, 1.807) is 18.2 Å². The van der Waals surface area contributed by atoms with Crippen LogP contribution in [-0.2, 0) is 4.79 Å². The van der Waals surface area contributed by atoms with Gasteiger partial charge in [-0.3, -0.25) is 20.4 Å². The maximum absolute atomic E-state index is 12.2. The van der Waals surface area contributed by atoms with Crippen LogP contribution in [0.5, 0.6) is 11.5 Å². The summed E-state index contributed by atoms with van der Waals surface area (Å²) in [7, 11) is 0. The molecule has 0 saturated heterocycles. The second-order valence-corrected chi connectivity index (χ2v) is 6.03. The minimum atomic E-state index is -0.429. The molecule has 1 aliphatic heterocycles. The number of fused-ring (bicyclic) bond motifs is 1. The van der Waals surface area contributed by atoms with Gasteiger partial charge in [0.05, 0.1) is 6.54 Å². The van der Waals surface area contributed by atoms with E-state index in [9.17, 15) is 9.59 Å². The molecule has 0 aliphatic carbocycles. The fourth-order valence-electron chi connectivity index (χ4n) is 2.61. The van der Waals surface area contributed by atoms with Crippen LogP contribution in [0.1, 0.15) is 21.5 Å². The Bertz CT molecular complexity index is 836. The van der Waals surface area contributed by atoms with Gasteiger partial charge >= 0.3 is 0 Å². The number of aryl methyl sites for hydroxylation is 2. The molecule has 0 aromatic heterocycles. The maximum Gasteiger partial charge on any atom is 0.269 e. The molecule has 1 aliphatic rings. The van der Waals surface area contributed by atoms with Crippen molar-refractivity contribution in [2.24, 2.45) is 0 Å². The number of carbonyl (C=O) groups is 2. The van der Waals surface area contributed by atoms with Crippen molar-refractivity contribution in [3.63, 3.8) is 0 Å². The first kappa shape index (κ1) is 17.6. The summed E-state index contributed by atoms with van der Waals surface area (Å²) in [6.07, 6.45) is 0. The molecule has 0 saturated carbocycles. The van der Waals surface area contributed by atoms with Gasteiger partial charge in [-0.15, -0.1) is 0 Å². The summed E-state index contributed by atoms with van der Waals surface area (Å²) in [4.78, 5) is 24.1. The number of rotatable bonds is 4. The molecule has 26 heavy (non-hydrogen) atoms. The molecule has 7 nitrogen and oxygen atoms in total. The Balaban J connectivity index is 1.50. The molecule has 0 unspecified atom stereocenters. The largest absolute Gasteiger partial charge is 0.486 e. The third kappa shape index (κ3) is 4.24. The molecule has 3 rings (SSSR count). The van der Waals surface area contributed by atoms with E-state index < -0.39 is 5.91 Å². The first-order valence-electron chi connectivity index (χ1n) is 8.33. The Morgan fingerprint density at radius 1 is 0.962 bits per heavy atom. The highest BCUT2D eigenvalue weighted by atomic mass is 16.6. The fourth-order valence-corrected chi connectivity index (χ4v) is 2.61. The van der Waals surface area contributed by atoms with Crippen LogP contribution in [-0.4, -0.2) is 31.6 Å². The summed E-state index contributed by atoms with van der Waals surface area (Å²) >= 11 is 0. The maximum atomic E-state index is 12.2. The van der Waals surface area contributed by atoms with Crippen LogP contribution < -0.4 is 25.6 Å². The van der Waals surface area contributed by atoms with E-state index in [-0.39, 0.29) is 12.5 Å². The van der Waals surface area contributed by atoms with E-state index in [1.807, 2.05) is 32.0 Å².